The molecule has 0 atom stereocenters. The molecule has 1 fully saturated rings. The first-order valence-corrected chi connectivity index (χ1v) is 10.2. The van der Waals surface area contributed by atoms with Crippen molar-refractivity contribution in [1.82, 2.24) is 10.6 Å². The monoisotopic (exact) mass is 410 g/mol. The molecule has 0 unspecified atom stereocenters. The zero-order chi connectivity index (χ0) is 21.2. The Hall–Kier alpha value is -3.06. The number of methoxy groups -OCH3 is 1. The van der Waals surface area contributed by atoms with E-state index < -0.39 is 0 Å². The second-order valence-electron chi connectivity index (χ2n) is 7.08. The maximum absolute atomic E-state index is 11.9. The summed E-state index contributed by atoms with van der Waals surface area (Å²) in [5.41, 5.74) is 3.24. The fourth-order valence-corrected chi connectivity index (χ4v) is 3.25. The van der Waals surface area contributed by atoms with E-state index in [1.807, 2.05) is 53.4 Å². The quantitative estimate of drug-likeness (QED) is 0.378. The average molecular weight is 411 g/mol. The molecule has 0 aromatic heterocycles. The molecule has 3 rings (SSSR count). The molecule has 0 saturated carbocycles. The van der Waals surface area contributed by atoms with Crippen molar-refractivity contribution in [2.45, 2.75) is 25.9 Å². The molecule has 1 aliphatic rings. The highest BCUT2D eigenvalue weighted by Crippen LogP contribution is 2.21. The topological polar surface area (TPSA) is 75.2 Å². The van der Waals surface area contributed by atoms with Crippen LogP contribution in [0.4, 0.5) is 5.69 Å². The molecule has 7 heteroatoms. The van der Waals surface area contributed by atoms with Crippen molar-refractivity contribution >= 4 is 17.6 Å². The number of amides is 1. The van der Waals surface area contributed by atoms with Crippen LogP contribution >= 0.6 is 0 Å². The molecule has 0 spiro atoms. The fourth-order valence-electron chi connectivity index (χ4n) is 3.25. The lowest BCUT2D eigenvalue weighted by molar-refractivity contribution is -0.117. The molecular formula is C23H30N4O3. The smallest absolute Gasteiger partial charge is 0.227 e. The van der Waals surface area contributed by atoms with Gasteiger partial charge in [-0.05, 0) is 41.8 Å². The van der Waals surface area contributed by atoms with Crippen LogP contribution in [0.2, 0.25) is 0 Å². The predicted octanol–water partition coefficient (Wildman–Crippen LogP) is 2.70. The van der Waals surface area contributed by atoms with Gasteiger partial charge in [-0.3, -0.25) is 9.79 Å². The first-order valence-electron chi connectivity index (χ1n) is 10.2. The molecule has 1 aliphatic heterocycles. The zero-order valence-electron chi connectivity index (χ0n) is 17.7. The van der Waals surface area contributed by atoms with Gasteiger partial charge >= 0.3 is 0 Å². The van der Waals surface area contributed by atoms with Gasteiger partial charge in [-0.25, -0.2) is 0 Å². The molecule has 0 bridgehead atoms. The standard InChI is InChI=1S/C23H30N4O3/c1-24-23(26-17-19-7-11-21(12-8-19)30-15-14-29-2)25-16-18-5-9-20(10-6-18)27-13-3-4-22(27)28/h5-12H,3-4,13-17H2,1-2H3,(H2,24,25,26). The Morgan fingerprint density at radius 2 is 1.63 bits per heavy atom. The minimum absolute atomic E-state index is 0.208. The SMILES string of the molecule is CN=C(NCc1ccc(OCCOC)cc1)NCc1ccc(N2CCCC2=O)cc1. The van der Waals surface area contributed by atoms with Gasteiger partial charge in [0, 0.05) is 45.9 Å². The third kappa shape index (κ3) is 6.22. The van der Waals surface area contributed by atoms with Crippen molar-refractivity contribution in [2.24, 2.45) is 4.99 Å². The maximum Gasteiger partial charge on any atom is 0.227 e. The number of hydrogen-bond donors (Lipinski definition) is 2. The summed E-state index contributed by atoms with van der Waals surface area (Å²) >= 11 is 0. The predicted molar refractivity (Wildman–Crippen MR) is 119 cm³/mol. The number of ether oxygens (including phenoxy) is 2. The Balaban J connectivity index is 1.44. The van der Waals surface area contributed by atoms with E-state index >= 15 is 0 Å². The lowest BCUT2D eigenvalue weighted by Crippen LogP contribution is -2.36. The van der Waals surface area contributed by atoms with Gasteiger partial charge in [-0.2, -0.15) is 0 Å². The minimum atomic E-state index is 0.208. The molecule has 0 radical (unpaired) electrons. The molecule has 2 aromatic rings. The molecule has 1 heterocycles. The Morgan fingerprint density at radius 3 is 2.17 bits per heavy atom. The van der Waals surface area contributed by atoms with E-state index in [1.165, 1.54) is 0 Å². The highest BCUT2D eigenvalue weighted by Gasteiger charge is 2.21. The number of nitrogens with one attached hydrogen (secondary N) is 2. The Bertz CT molecular complexity index is 835. The summed E-state index contributed by atoms with van der Waals surface area (Å²) in [6.07, 6.45) is 1.59. The number of anilines is 1. The molecule has 160 valence electrons. The number of hydrogen-bond acceptors (Lipinski definition) is 4. The van der Waals surface area contributed by atoms with E-state index in [-0.39, 0.29) is 5.91 Å². The number of aliphatic imine (C=N–C) groups is 1. The number of benzene rings is 2. The number of carbonyl (C=O) groups excluding carboxylic acids is 1. The second kappa shape index (κ2) is 11.2. The summed E-state index contributed by atoms with van der Waals surface area (Å²) in [4.78, 5) is 18.0. The summed E-state index contributed by atoms with van der Waals surface area (Å²) in [7, 11) is 3.41. The van der Waals surface area contributed by atoms with Crippen LogP contribution in [0.25, 0.3) is 0 Å². The van der Waals surface area contributed by atoms with Crippen LogP contribution in [0.1, 0.15) is 24.0 Å². The molecule has 1 amide bonds. The van der Waals surface area contributed by atoms with Gasteiger partial charge in [0.05, 0.1) is 6.61 Å². The summed E-state index contributed by atoms with van der Waals surface area (Å²) < 4.78 is 10.6. The van der Waals surface area contributed by atoms with E-state index in [4.69, 9.17) is 9.47 Å². The molecular weight excluding hydrogens is 380 g/mol. The van der Waals surface area contributed by atoms with Gasteiger partial charge in [0.15, 0.2) is 5.96 Å². The normalized spacial score (nSPS) is 14.1. The van der Waals surface area contributed by atoms with Crippen molar-refractivity contribution in [2.75, 3.05) is 38.8 Å². The average Bonchev–Trinajstić information content (AvgIpc) is 3.21. The largest absolute Gasteiger partial charge is 0.491 e. The molecule has 1 saturated heterocycles. The van der Waals surface area contributed by atoms with Gasteiger partial charge in [0.1, 0.15) is 12.4 Å². The number of guanidine groups is 1. The lowest BCUT2D eigenvalue weighted by atomic mass is 10.2. The Kier molecular flexibility index (Phi) is 8.09. The van der Waals surface area contributed by atoms with Crippen LogP contribution in [0.15, 0.2) is 53.5 Å². The highest BCUT2D eigenvalue weighted by molar-refractivity contribution is 5.95. The molecule has 2 aromatic carbocycles. The second-order valence-corrected chi connectivity index (χ2v) is 7.08. The maximum atomic E-state index is 11.9. The van der Waals surface area contributed by atoms with E-state index in [2.05, 4.69) is 15.6 Å². The third-order valence-corrected chi connectivity index (χ3v) is 4.94. The van der Waals surface area contributed by atoms with Crippen LogP contribution in [-0.4, -0.2) is 45.8 Å². The summed E-state index contributed by atoms with van der Waals surface area (Å²) in [6, 6.07) is 16.1. The summed E-state index contributed by atoms with van der Waals surface area (Å²) in [5.74, 6) is 1.77. The molecule has 7 nitrogen and oxygen atoms in total. The summed E-state index contributed by atoms with van der Waals surface area (Å²) in [5, 5.41) is 6.63. The van der Waals surface area contributed by atoms with Gasteiger partial charge in [-0.15, -0.1) is 0 Å². The minimum Gasteiger partial charge on any atom is -0.491 e. The molecule has 2 N–H and O–H groups in total. The third-order valence-electron chi connectivity index (χ3n) is 4.94. The van der Waals surface area contributed by atoms with E-state index in [0.717, 1.165) is 41.5 Å². The van der Waals surface area contributed by atoms with Crippen LogP contribution < -0.4 is 20.3 Å². The van der Waals surface area contributed by atoms with Crippen LogP contribution in [0.3, 0.4) is 0 Å². The van der Waals surface area contributed by atoms with Crippen LogP contribution in [0.5, 0.6) is 5.75 Å². The van der Waals surface area contributed by atoms with Gasteiger partial charge in [-0.1, -0.05) is 24.3 Å². The van der Waals surface area contributed by atoms with Crippen molar-refractivity contribution in [3.05, 3.63) is 59.7 Å². The number of nitrogens with zero attached hydrogens (tertiary/aromatic N) is 2. The first-order chi connectivity index (χ1) is 14.7. The van der Waals surface area contributed by atoms with Crippen molar-refractivity contribution in [3.63, 3.8) is 0 Å². The van der Waals surface area contributed by atoms with Gasteiger partial charge < -0.3 is 25.0 Å². The summed E-state index contributed by atoms with van der Waals surface area (Å²) in [6.45, 7) is 3.24. The Morgan fingerprint density at radius 1 is 1.00 bits per heavy atom. The van der Waals surface area contributed by atoms with Gasteiger partial charge in [0.25, 0.3) is 0 Å². The van der Waals surface area contributed by atoms with Crippen LogP contribution in [0, 0.1) is 0 Å². The fraction of sp³-hybridized carbons (Fsp3) is 0.391. The van der Waals surface area contributed by atoms with E-state index in [9.17, 15) is 4.79 Å². The van der Waals surface area contributed by atoms with Crippen LogP contribution in [-0.2, 0) is 22.6 Å². The van der Waals surface area contributed by atoms with Crippen molar-refractivity contribution < 1.29 is 14.3 Å². The van der Waals surface area contributed by atoms with Gasteiger partial charge in [0.2, 0.25) is 5.91 Å². The van der Waals surface area contributed by atoms with Crippen molar-refractivity contribution in [3.8, 4) is 5.75 Å². The zero-order valence-corrected chi connectivity index (χ0v) is 17.7. The number of carbonyl (C=O) groups is 1. The first kappa shape index (κ1) is 21.6. The lowest BCUT2D eigenvalue weighted by Gasteiger charge is -2.16. The Labute approximate surface area is 178 Å². The highest BCUT2D eigenvalue weighted by atomic mass is 16.5. The van der Waals surface area contributed by atoms with E-state index in [1.54, 1.807) is 14.2 Å². The number of rotatable bonds is 9. The molecule has 30 heavy (non-hydrogen) atoms. The molecule has 0 aliphatic carbocycles. The van der Waals surface area contributed by atoms with Crippen molar-refractivity contribution in [1.29, 1.82) is 0 Å². The van der Waals surface area contributed by atoms with E-state index in [0.29, 0.717) is 32.7 Å².